The van der Waals surface area contributed by atoms with Crippen LogP contribution >= 0.6 is 9.47 Å². The molecular formula is C21H34NO3P. The molecule has 3 fully saturated rings. The zero-order valence-corrected chi connectivity index (χ0v) is 17.8. The van der Waals surface area contributed by atoms with Crippen LogP contribution in [0.1, 0.15) is 58.8 Å². The highest BCUT2D eigenvalue weighted by Crippen LogP contribution is 2.57. The van der Waals surface area contributed by atoms with Crippen molar-refractivity contribution in [1.82, 2.24) is 4.90 Å². The van der Waals surface area contributed by atoms with E-state index >= 15 is 0 Å². The fraction of sp³-hybridized carbons (Fsp3) is 0.810. The van der Waals surface area contributed by atoms with Crippen molar-refractivity contribution >= 4 is 21.2 Å². The van der Waals surface area contributed by atoms with Gasteiger partial charge in [-0.1, -0.05) is 26.0 Å². The van der Waals surface area contributed by atoms with Crippen molar-refractivity contribution in [2.24, 2.45) is 28.6 Å². The molecule has 0 bridgehead atoms. The highest BCUT2D eigenvalue weighted by Gasteiger charge is 2.56. The van der Waals surface area contributed by atoms with Gasteiger partial charge in [-0.25, -0.2) is 0 Å². The number of carbonyl (C=O) groups excluding carboxylic acids is 2. The average molecular weight is 379 g/mol. The van der Waals surface area contributed by atoms with Crippen LogP contribution < -0.4 is 0 Å². The molecule has 0 radical (unpaired) electrons. The normalized spacial score (nSPS) is 35.2. The molecule has 6 atom stereocenters. The summed E-state index contributed by atoms with van der Waals surface area (Å²) in [5, 5.41) is 0. The van der Waals surface area contributed by atoms with Crippen LogP contribution in [0.3, 0.4) is 0 Å². The summed E-state index contributed by atoms with van der Waals surface area (Å²) in [6, 6.07) is 0. The van der Waals surface area contributed by atoms with Gasteiger partial charge in [0.05, 0.1) is 11.5 Å². The molecule has 0 heterocycles. The lowest BCUT2D eigenvalue weighted by molar-refractivity contribution is -0.137. The molecular weight excluding hydrogens is 345 g/mol. The predicted octanol–water partition coefficient (Wildman–Crippen LogP) is 4.01. The number of Topliss-reactive ketones (excluding diaryl/α,β-unsaturated/α-hetero) is 1. The summed E-state index contributed by atoms with van der Waals surface area (Å²) >= 11 is 0. The molecule has 3 aliphatic carbocycles. The van der Waals surface area contributed by atoms with Crippen molar-refractivity contribution in [3.63, 3.8) is 0 Å². The second-order valence-corrected chi connectivity index (χ2v) is 9.49. The fourth-order valence-corrected chi connectivity index (χ4v) is 6.16. The molecule has 6 unspecified atom stereocenters. The minimum absolute atomic E-state index is 0.146. The lowest BCUT2D eigenvalue weighted by atomic mass is 9.62. The van der Waals surface area contributed by atoms with Crippen molar-refractivity contribution in [1.29, 1.82) is 0 Å². The van der Waals surface area contributed by atoms with E-state index < -0.39 is 0 Å². The third-order valence-electron chi connectivity index (χ3n) is 7.47. The molecule has 26 heavy (non-hydrogen) atoms. The summed E-state index contributed by atoms with van der Waals surface area (Å²) in [4.78, 5) is 26.6. The maximum Gasteiger partial charge on any atom is 0.231 e. The molecule has 0 aliphatic heterocycles. The number of hydrogen-bond acceptors (Lipinski definition) is 3. The van der Waals surface area contributed by atoms with Crippen LogP contribution in [0.4, 0.5) is 0 Å². The third kappa shape index (κ3) is 3.29. The minimum atomic E-state index is -0.385. The van der Waals surface area contributed by atoms with Gasteiger partial charge in [-0.3, -0.25) is 9.59 Å². The monoisotopic (exact) mass is 379 g/mol. The molecule has 0 saturated heterocycles. The first-order valence-corrected chi connectivity index (χ1v) is 10.5. The van der Waals surface area contributed by atoms with E-state index in [4.69, 9.17) is 4.52 Å². The highest BCUT2D eigenvalue weighted by atomic mass is 31.0. The van der Waals surface area contributed by atoms with E-state index in [0.717, 1.165) is 38.5 Å². The van der Waals surface area contributed by atoms with Crippen LogP contribution in [0.15, 0.2) is 12.2 Å². The maximum absolute atomic E-state index is 12.6. The van der Waals surface area contributed by atoms with Crippen molar-refractivity contribution in [2.45, 2.75) is 64.9 Å². The predicted molar refractivity (Wildman–Crippen MR) is 106 cm³/mol. The molecule has 3 saturated carbocycles. The Hall–Kier alpha value is -0.730. The van der Waals surface area contributed by atoms with Gasteiger partial charge in [0.1, 0.15) is 5.78 Å². The van der Waals surface area contributed by atoms with Crippen LogP contribution in [0, 0.1) is 28.6 Å². The molecule has 3 rings (SSSR count). The van der Waals surface area contributed by atoms with Crippen molar-refractivity contribution in [3.05, 3.63) is 12.2 Å². The van der Waals surface area contributed by atoms with E-state index in [2.05, 4.69) is 35.5 Å². The number of nitrogens with zero attached hydrogens (tertiary/aromatic N) is 1. The van der Waals surface area contributed by atoms with Crippen LogP contribution in [-0.4, -0.2) is 36.8 Å². The van der Waals surface area contributed by atoms with Gasteiger partial charge in [0.25, 0.3) is 0 Å². The minimum Gasteiger partial charge on any atom is -0.357 e. The smallest absolute Gasteiger partial charge is 0.231 e. The Bertz CT molecular complexity index is 598. The molecule has 146 valence electrons. The van der Waals surface area contributed by atoms with E-state index in [-0.39, 0.29) is 28.8 Å². The van der Waals surface area contributed by atoms with Crippen LogP contribution in [-0.2, 0) is 14.1 Å². The molecule has 0 spiro atoms. The second kappa shape index (κ2) is 7.36. The highest BCUT2D eigenvalue weighted by molar-refractivity contribution is 7.09. The maximum atomic E-state index is 12.6. The number of carbonyl (C=O) groups is 2. The van der Waals surface area contributed by atoms with Crippen molar-refractivity contribution in [3.8, 4) is 0 Å². The largest absolute Gasteiger partial charge is 0.357 e. The first-order chi connectivity index (χ1) is 12.3. The summed E-state index contributed by atoms with van der Waals surface area (Å²) in [5.74, 6) is 1.84. The van der Waals surface area contributed by atoms with E-state index in [1.54, 1.807) is 4.90 Å². The SMILES string of the molecule is CC(/C=C/C(OP)C1(C(=O)N(C)C)CC1)C1CCC2C(=O)CCCC21C. The van der Waals surface area contributed by atoms with Gasteiger partial charge in [-0.05, 0) is 55.8 Å². The van der Waals surface area contributed by atoms with Gasteiger partial charge in [0, 0.05) is 35.9 Å². The molecule has 1 amide bonds. The first kappa shape index (κ1) is 20.0. The fourth-order valence-electron chi connectivity index (χ4n) is 5.80. The quantitative estimate of drug-likeness (QED) is 0.517. The van der Waals surface area contributed by atoms with Gasteiger partial charge in [-0.15, -0.1) is 0 Å². The van der Waals surface area contributed by atoms with E-state index in [1.807, 2.05) is 14.1 Å². The summed E-state index contributed by atoms with van der Waals surface area (Å²) in [6.07, 6.45) is 11.1. The number of ketones is 1. The van der Waals surface area contributed by atoms with Crippen molar-refractivity contribution < 1.29 is 14.1 Å². The lowest BCUT2D eigenvalue weighted by Crippen LogP contribution is -2.39. The van der Waals surface area contributed by atoms with Gasteiger partial charge in [0.2, 0.25) is 5.91 Å². The van der Waals surface area contributed by atoms with E-state index in [1.165, 1.54) is 6.42 Å². The molecule has 3 aliphatic rings. The molecule has 5 heteroatoms. The average Bonchev–Trinajstić information content (AvgIpc) is 3.31. The molecule has 0 aromatic carbocycles. The zero-order chi connectivity index (χ0) is 19.1. The molecule has 0 N–H and O–H groups in total. The standard InChI is InChI=1S/C21H34NO3P/c1-14(15-8-9-16-17(23)6-5-11-20(15,16)2)7-10-18(25-26)21(12-13-21)19(24)22(3)4/h7,10,14-16,18H,5-6,8-9,11-13,26H2,1-4H3/b10-7+. The Morgan fingerprint density at radius 2 is 1.96 bits per heavy atom. The summed E-state index contributed by atoms with van der Waals surface area (Å²) < 4.78 is 5.64. The zero-order valence-electron chi connectivity index (χ0n) is 16.7. The molecule has 4 nitrogen and oxygen atoms in total. The topological polar surface area (TPSA) is 46.6 Å². The lowest BCUT2D eigenvalue weighted by Gasteiger charge is -2.41. The Morgan fingerprint density at radius 3 is 2.54 bits per heavy atom. The van der Waals surface area contributed by atoms with Gasteiger partial charge in [-0.2, -0.15) is 0 Å². The van der Waals surface area contributed by atoms with E-state index in [0.29, 0.717) is 17.6 Å². The van der Waals surface area contributed by atoms with Crippen LogP contribution in [0.2, 0.25) is 0 Å². The number of amides is 1. The number of hydrogen-bond donors (Lipinski definition) is 0. The van der Waals surface area contributed by atoms with Crippen LogP contribution in [0.25, 0.3) is 0 Å². The molecule has 0 aromatic heterocycles. The van der Waals surface area contributed by atoms with Crippen LogP contribution in [0.5, 0.6) is 0 Å². The first-order valence-electron chi connectivity index (χ1n) is 10.0. The third-order valence-corrected chi connectivity index (χ3v) is 7.77. The Balaban J connectivity index is 1.72. The van der Waals surface area contributed by atoms with Gasteiger partial charge in [0.15, 0.2) is 0 Å². The number of fused-ring (bicyclic) bond motifs is 1. The van der Waals surface area contributed by atoms with E-state index in [9.17, 15) is 9.59 Å². The summed E-state index contributed by atoms with van der Waals surface area (Å²) in [7, 11) is 5.97. The van der Waals surface area contributed by atoms with Gasteiger partial charge >= 0.3 is 0 Å². The number of rotatable bonds is 6. The van der Waals surface area contributed by atoms with Gasteiger partial charge < -0.3 is 9.42 Å². The Labute approximate surface area is 160 Å². The molecule has 0 aromatic rings. The second-order valence-electron chi connectivity index (χ2n) is 9.22. The van der Waals surface area contributed by atoms with Crippen molar-refractivity contribution in [2.75, 3.05) is 14.1 Å². The summed E-state index contributed by atoms with van der Waals surface area (Å²) in [5.41, 5.74) is -0.239. The summed E-state index contributed by atoms with van der Waals surface area (Å²) in [6.45, 7) is 4.60. The number of allylic oxidation sites excluding steroid dienone is 1. The Kier molecular flexibility index (Phi) is 5.66. The Morgan fingerprint density at radius 1 is 1.27 bits per heavy atom.